The zero-order valence-corrected chi connectivity index (χ0v) is 16.1. The number of hydrogen-bond donors (Lipinski definition) is 0. The van der Waals surface area contributed by atoms with E-state index in [-0.39, 0.29) is 6.10 Å². The van der Waals surface area contributed by atoms with Gasteiger partial charge in [0.2, 0.25) is 5.88 Å². The Kier molecular flexibility index (Phi) is 7.87. The van der Waals surface area contributed by atoms with Crippen LogP contribution in [0.25, 0.3) is 0 Å². The second-order valence-corrected chi connectivity index (χ2v) is 6.95. The fraction of sp³-hybridized carbons (Fsp3) is 0.647. The normalized spacial score (nSPS) is 12.9. The molecule has 22 heavy (non-hydrogen) atoms. The minimum Gasteiger partial charge on any atom is -0.474 e. The Morgan fingerprint density at radius 2 is 2.05 bits per heavy atom. The molecule has 0 saturated carbocycles. The fourth-order valence-electron chi connectivity index (χ4n) is 1.82. The molecule has 0 spiro atoms. The molecule has 1 aromatic rings. The zero-order chi connectivity index (χ0) is 16.7. The highest BCUT2D eigenvalue weighted by Gasteiger charge is 2.12. The summed E-state index contributed by atoms with van der Waals surface area (Å²) in [5, 5.41) is 0. The Hall–Kier alpha value is -1.10. The van der Waals surface area contributed by atoms with Gasteiger partial charge in [0.25, 0.3) is 0 Å². The first-order valence-corrected chi connectivity index (χ1v) is 8.71. The second-order valence-electron chi connectivity index (χ2n) is 6.10. The van der Waals surface area contributed by atoms with E-state index in [4.69, 9.17) is 4.74 Å². The van der Waals surface area contributed by atoms with Crippen molar-refractivity contribution in [2.75, 3.05) is 13.6 Å². The number of pyridine rings is 1. The van der Waals surface area contributed by atoms with Gasteiger partial charge in [0.1, 0.15) is 0 Å². The highest BCUT2D eigenvalue weighted by molar-refractivity contribution is 9.10. The lowest BCUT2D eigenvalue weighted by molar-refractivity contribution is 0.192. The largest absolute Gasteiger partial charge is 0.474 e. The van der Waals surface area contributed by atoms with Crippen molar-refractivity contribution < 1.29 is 4.74 Å². The number of aliphatic imine (C=N–C) groups is 1. The Morgan fingerprint density at radius 1 is 1.36 bits per heavy atom. The van der Waals surface area contributed by atoms with Crippen molar-refractivity contribution in [3.63, 3.8) is 0 Å². The van der Waals surface area contributed by atoms with Crippen LogP contribution in [0, 0.1) is 12.8 Å². The van der Waals surface area contributed by atoms with Crippen molar-refractivity contribution >= 4 is 28.0 Å². The molecule has 1 aromatic heterocycles. The van der Waals surface area contributed by atoms with Crippen LogP contribution in [0.4, 0.5) is 5.69 Å². The molecule has 0 aliphatic rings. The molecule has 1 rings (SSSR count). The number of aromatic nitrogens is 1. The van der Waals surface area contributed by atoms with E-state index in [1.54, 1.807) is 0 Å². The highest BCUT2D eigenvalue weighted by Crippen LogP contribution is 2.30. The Morgan fingerprint density at radius 3 is 2.64 bits per heavy atom. The van der Waals surface area contributed by atoms with Crippen LogP contribution in [-0.4, -0.2) is 35.9 Å². The van der Waals surface area contributed by atoms with E-state index < -0.39 is 0 Å². The molecule has 0 aliphatic heterocycles. The van der Waals surface area contributed by atoms with Crippen LogP contribution >= 0.6 is 15.9 Å². The minimum absolute atomic E-state index is 0.158. The molecule has 124 valence electrons. The first-order valence-electron chi connectivity index (χ1n) is 7.91. The van der Waals surface area contributed by atoms with Gasteiger partial charge in [-0.25, -0.2) is 9.98 Å². The molecule has 5 heteroatoms. The third kappa shape index (κ3) is 6.34. The van der Waals surface area contributed by atoms with E-state index in [0.29, 0.717) is 11.8 Å². The van der Waals surface area contributed by atoms with Crippen LogP contribution in [0.3, 0.4) is 0 Å². The fourth-order valence-corrected chi connectivity index (χ4v) is 2.22. The zero-order valence-electron chi connectivity index (χ0n) is 14.6. The smallest absolute Gasteiger partial charge is 0.228 e. The van der Waals surface area contributed by atoms with Crippen molar-refractivity contribution in [2.45, 2.75) is 53.6 Å². The highest BCUT2D eigenvalue weighted by atomic mass is 79.9. The molecule has 0 saturated heterocycles. The lowest BCUT2D eigenvalue weighted by Crippen LogP contribution is -2.15. The Labute approximate surface area is 143 Å². The van der Waals surface area contributed by atoms with Crippen LogP contribution in [0.1, 0.15) is 46.2 Å². The molecule has 0 radical (unpaired) electrons. The summed E-state index contributed by atoms with van der Waals surface area (Å²) in [5.74, 6) is 1.34. The molecule has 0 aliphatic carbocycles. The van der Waals surface area contributed by atoms with Gasteiger partial charge in [-0.1, -0.05) is 13.8 Å². The van der Waals surface area contributed by atoms with Gasteiger partial charge in [-0.05, 0) is 61.5 Å². The monoisotopic (exact) mass is 369 g/mol. The standard InChI is InChI=1S/C17H28BrN3O/c1-7-21(6)11-19-16-10-15(18)17(20-14(16)5)22-13(4)9-8-12(2)3/h10-13H,7-9H2,1-6H3. The van der Waals surface area contributed by atoms with Crippen LogP contribution < -0.4 is 4.74 Å². The molecular weight excluding hydrogens is 342 g/mol. The van der Waals surface area contributed by atoms with Gasteiger partial charge in [-0.15, -0.1) is 0 Å². The maximum Gasteiger partial charge on any atom is 0.228 e. The summed E-state index contributed by atoms with van der Waals surface area (Å²) in [5.41, 5.74) is 1.73. The van der Waals surface area contributed by atoms with Crippen LogP contribution in [0.15, 0.2) is 15.5 Å². The van der Waals surface area contributed by atoms with Gasteiger partial charge in [-0.3, -0.25) is 0 Å². The van der Waals surface area contributed by atoms with Gasteiger partial charge < -0.3 is 9.64 Å². The van der Waals surface area contributed by atoms with E-state index in [0.717, 1.165) is 35.2 Å². The summed E-state index contributed by atoms with van der Waals surface area (Å²) >= 11 is 3.54. The summed E-state index contributed by atoms with van der Waals surface area (Å²) in [6.45, 7) is 11.5. The lowest BCUT2D eigenvalue weighted by atomic mass is 10.1. The van der Waals surface area contributed by atoms with E-state index in [1.165, 1.54) is 0 Å². The SMILES string of the molecule is CCN(C)C=Nc1cc(Br)c(OC(C)CCC(C)C)nc1C. The van der Waals surface area contributed by atoms with Crippen molar-refractivity contribution in [3.05, 3.63) is 16.2 Å². The quantitative estimate of drug-likeness (QED) is 0.479. The lowest BCUT2D eigenvalue weighted by Gasteiger charge is -2.17. The third-order valence-corrected chi connectivity index (χ3v) is 4.03. The average Bonchev–Trinajstić information content (AvgIpc) is 2.46. The predicted octanol–water partition coefficient (Wildman–Crippen LogP) is 4.97. The van der Waals surface area contributed by atoms with Gasteiger partial charge >= 0.3 is 0 Å². The van der Waals surface area contributed by atoms with Gasteiger partial charge in [0, 0.05) is 13.6 Å². The average molecular weight is 370 g/mol. The van der Waals surface area contributed by atoms with E-state index in [9.17, 15) is 0 Å². The molecule has 1 heterocycles. The van der Waals surface area contributed by atoms with Crippen molar-refractivity contribution in [1.82, 2.24) is 9.88 Å². The van der Waals surface area contributed by atoms with Crippen LogP contribution in [-0.2, 0) is 0 Å². The summed E-state index contributed by atoms with van der Waals surface area (Å²) < 4.78 is 6.81. The predicted molar refractivity (Wildman–Crippen MR) is 97.3 cm³/mol. The minimum atomic E-state index is 0.158. The number of rotatable bonds is 8. The topological polar surface area (TPSA) is 37.7 Å². The summed E-state index contributed by atoms with van der Waals surface area (Å²) in [7, 11) is 2.00. The van der Waals surface area contributed by atoms with E-state index in [1.807, 2.05) is 31.3 Å². The first kappa shape index (κ1) is 18.9. The molecule has 1 atom stereocenters. The van der Waals surface area contributed by atoms with Crippen LogP contribution in [0.5, 0.6) is 5.88 Å². The van der Waals surface area contributed by atoms with Crippen molar-refractivity contribution in [1.29, 1.82) is 0 Å². The Balaban J connectivity index is 2.79. The van der Waals surface area contributed by atoms with Crippen molar-refractivity contribution in [2.24, 2.45) is 10.9 Å². The number of aryl methyl sites for hydroxylation is 1. The molecule has 0 bridgehead atoms. The number of hydrogen-bond acceptors (Lipinski definition) is 3. The summed E-state index contributed by atoms with van der Waals surface area (Å²) in [4.78, 5) is 11.0. The maximum atomic E-state index is 5.96. The molecule has 1 unspecified atom stereocenters. The van der Waals surface area contributed by atoms with Crippen LogP contribution in [0.2, 0.25) is 0 Å². The number of ether oxygens (including phenoxy) is 1. The number of halogens is 1. The van der Waals surface area contributed by atoms with E-state index in [2.05, 4.69) is 53.6 Å². The number of nitrogens with zero attached hydrogens (tertiary/aromatic N) is 3. The molecule has 4 nitrogen and oxygen atoms in total. The van der Waals surface area contributed by atoms with Gasteiger partial charge in [0.15, 0.2) is 0 Å². The van der Waals surface area contributed by atoms with Gasteiger partial charge in [-0.2, -0.15) is 0 Å². The second kappa shape index (κ2) is 9.13. The summed E-state index contributed by atoms with van der Waals surface area (Å²) in [6.07, 6.45) is 4.17. The molecule has 0 amide bonds. The molecule has 0 fully saturated rings. The maximum absolute atomic E-state index is 5.96. The van der Waals surface area contributed by atoms with E-state index >= 15 is 0 Å². The molecule has 0 aromatic carbocycles. The Bertz CT molecular complexity index is 503. The third-order valence-electron chi connectivity index (χ3n) is 3.46. The van der Waals surface area contributed by atoms with Gasteiger partial charge in [0.05, 0.1) is 28.3 Å². The first-order chi connectivity index (χ1) is 10.3. The molecular formula is C17H28BrN3O. The van der Waals surface area contributed by atoms with Crippen molar-refractivity contribution in [3.8, 4) is 5.88 Å². The molecule has 0 N–H and O–H groups in total. The summed E-state index contributed by atoms with van der Waals surface area (Å²) in [6, 6.07) is 1.97.